The van der Waals surface area contributed by atoms with Gasteiger partial charge in [-0.25, -0.2) is 13.8 Å². The number of furan rings is 1. The summed E-state index contributed by atoms with van der Waals surface area (Å²) in [7, 11) is 1.93. The van der Waals surface area contributed by atoms with E-state index in [1.165, 1.54) is 16.6 Å². The van der Waals surface area contributed by atoms with Crippen LogP contribution in [0.4, 0.5) is 20.4 Å². The van der Waals surface area contributed by atoms with Crippen LogP contribution in [0.5, 0.6) is 0 Å². The molecule has 0 saturated carbocycles. The highest BCUT2D eigenvalue weighted by molar-refractivity contribution is 5.91. The summed E-state index contributed by atoms with van der Waals surface area (Å²) in [6.07, 6.45) is 6.13. The molecule has 0 fully saturated rings. The van der Waals surface area contributed by atoms with Crippen molar-refractivity contribution < 1.29 is 13.2 Å². The molecule has 1 aromatic carbocycles. The van der Waals surface area contributed by atoms with Gasteiger partial charge in [0.1, 0.15) is 17.3 Å². The van der Waals surface area contributed by atoms with Crippen LogP contribution in [0.2, 0.25) is 0 Å². The van der Waals surface area contributed by atoms with Gasteiger partial charge in [0.05, 0.1) is 17.3 Å². The number of fused-ring (bicyclic) bond motifs is 3. The van der Waals surface area contributed by atoms with Gasteiger partial charge in [-0.05, 0) is 56.6 Å². The van der Waals surface area contributed by atoms with Gasteiger partial charge in [0.25, 0.3) is 0 Å². The molecule has 0 bridgehead atoms. The number of nitrogens with zero attached hydrogens (tertiary/aromatic N) is 5. The molecule has 11 heteroatoms. The molecule has 9 nitrogen and oxygen atoms in total. The number of benzene rings is 1. The maximum atomic E-state index is 13.8. The summed E-state index contributed by atoms with van der Waals surface area (Å²) < 4.78 is 35.8. The van der Waals surface area contributed by atoms with Crippen LogP contribution in [0, 0.1) is 11.6 Å². The largest absolute Gasteiger partial charge is 0.461 e. The Kier molecular flexibility index (Phi) is 6.32. The molecule has 0 aliphatic rings. The lowest BCUT2D eigenvalue weighted by Gasteiger charge is -2.17. The highest BCUT2D eigenvalue weighted by Crippen LogP contribution is 2.25. The number of halogens is 2. The minimum atomic E-state index is -0.584. The Bertz CT molecular complexity index is 1440. The van der Waals surface area contributed by atoms with E-state index in [4.69, 9.17) is 10.2 Å². The molecule has 4 heterocycles. The second-order valence-electron chi connectivity index (χ2n) is 8.33. The SMILES string of the molecule is CNC(CCCNc1ccc(F)cc1F)CCn1ccc2c1nc(N)n1nc(-c3ccco3)nc21. The van der Waals surface area contributed by atoms with E-state index in [1.807, 2.05) is 19.3 Å². The number of anilines is 2. The molecule has 4 N–H and O–H groups in total. The van der Waals surface area contributed by atoms with Gasteiger partial charge in [0.2, 0.25) is 11.8 Å². The summed E-state index contributed by atoms with van der Waals surface area (Å²) >= 11 is 0. The average molecular weight is 481 g/mol. The minimum Gasteiger partial charge on any atom is -0.461 e. The number of aryl methyl sites for hydroxylation is 1. The fourth-order valence-corrected chi connectivity index (χ4v) is 4.19. The summed E-state index contributed by atoms with van der Waals surface area (Å²) in [6, 6.07) is 9.34. The molecule has 0 amide bonds. The van der Waals surface area contributed by atoms with Crippen LogP contribution in [0.25, 0.3) is 28.3 Å². The van der Waals surface area contributed by atoms with Crippen LogP contribution >= 0.6 is 0 Å². The van der Waals surface area contributed by atoms with Crippen molar-refractivity contribution in [2.75, 3.05) is 24.6 Å². The molecule has 1 unspecified atom stereocenters. The summed E-state index contributed by atoms with van der Waals surface area (Å²) in [5.74, 6) is 0.101. The Hall–Kier alpha value is -3.99. The maximum absolute atomic E-state index is 13.8. The van der Waals surface area contributed by atoms with Crippen molar-refractivity contribution >= 4 is 28.3 Å². The van der Waals surface area contributed by atoms with Crippen LogP contribution in [0.1, 0.15) is 19.3 Å². The fraction of sp³-hybridized carbons (Fsp3) is 0.292. The predicted molar refractivity (Wildman–Crippen MR) is 130 cm³/mol. The highest BCUT2D eigenvalue weighted by Gasteiger charge is 2.17. The van der Waals surface area contributed by atoms with Crippen molar-refractivity contribution in [2.45, 2.75) is 31.8 Å². The van der Waals surface area contributed by atoms with E-state index in [1.54, 1.807) is 18.4 Å². The maximum Gasteiger partial charge on any atom is 0.225 e. The Labute approximate surface area is 200 Å². The minimum absolute atomic E-state index is 0.252. The van der Waals surface area contributed by atoms with Crippen LogP contribution in [-0.4, -0.2) is 43.8 Å². The molecule has 0 radical (unpaired) electrons. The van der Waals surface area contributed by atoms with Gasteiger partial charge in [-0.1, -0.05) is 0 Å². The first kappa shape index (κ1) is 22.8. The first-order valence-corrected chi connectivity index (χ1v) is 11.4. The second-order valence-corrected chi connectivity index (χ2v) is 8.33. The monoisotopic (exact) mass is 480 g/mol. The molecule has 4 aromatic heterocycles. The van der Waals surface area contributed by atoms with Gasteiger partial charge in [-0.3, -0.25) is 0 Å². The lowest BCUT2D eigenvalue weighted by molar-refractivity contribution is 0.450. The average Bonchev–Trinajstić information content (AvgIpc) is 3.59. The van der Waals surface area contributed by atoms with E-state index in [2.05, 4.69) is 30.3 Å². The van der Waals surface area contributed by atoms with Crippen LogP contribution in [0.15, 0.2) is 53.3 Å². The van der Waals surface area contributed by atoms with Gasteiger partial charge in [-0.15, -0.1) is 5.10 Å². The molecular formula is C24H26F2N8O. The van der Waals surface area contributed by atoms with Crippen molar-refractivity contribution in [1.82, 2.24) is 29.5 Å². The molecule has 0 saturated heterocycles. The molecule has 0 spiro atoms. The lowest BCUT2D eigenvalue weighted by atomic mass is 10.1. The Balaban J connectivity index is 1.23. The number of nitrogens with two attached hydrogens (primary N) is 1. The molecule has 182 valence electrons. The smallest absolute Gasteiger partial charge is 0.225 e. The normalized spacial score (nSPS) is 12.5. The van der Waals surface area contributed by atoms with Crippen molar-refractivity contribution in [3.63, 3.8) is 0 Å². The zero-order chi connectivity index (χ0) is 24.4. The zero-order valence-electron chi connectivity index (χ0n) is 19.2. The van der Waals surface area contributed by atoms with Crippen LogP contribution in [-0.2, 0) is 6.54 Å². The third kappa shape index (κ3) is 4.67. The van der Waals surface area contributed by atoms with Gasteiger partial charge in [-0.2, -0.15) is 9.50 Å². The number of hydrogen-bond donors (Lipinski definition) is 3. The summed E-state index contributed by atoms with van der Waals surface area (Å²) in [5.41, 5.74) is 7.87. The van der Waals surface area contributed by atoms with Crippen molar-refractivity contribution in [1.29, 1.82) is 0 Å². The van der Waals surface area contributed by atoms with Crippen LogP contribution in [0.3, 0.4) is 0 Å². The summed E-state index contributed by atoms with van der Waals surface area (Å²) in [5, 5.41) is 11.7. The fourth-order valence-electron chi connectivity index (χ4n) is 4.19. The Morgan fingerprint density at radius 3 is 2.77 bits per heavy atom. The first-order chi connectivity index (χ1) is 17.0. The van der Waals surface area contributed by atoms with E-state index in [9.17, 15) is 8.78 Å². The Morgan fingerprint density at radius 1 is 1.11 bits per heavy atom. The van der Waals surface area contributed by atoms with Crippen molar-refractivity contribution in [3.8, 4) is 11.6 Å². The second kappa shape index (κ2) is 9.71. The van der Waals surface area contributed by atoms with Gasteiger partial charge in [0, 0.05) is 31.4 Å². The number of rotatable bonds is 10. The first-order valence-electron chi connectivity index (χ1n) is 11.4. The van der Waals surface area contributed by atoms with Crippen molar-refractivity contribution in [2.24, 2.45) is 0 Å². The third-order valence-electron chi connectivity index (χ3n) is 6.06. The lowest BCUT2D eigenvalue weighted by Crippen LogP contribution is -2.27. The molecular weight excluding hydrogens is 454 g/mol. The topological polar surface area (TPSA) is 111 Å². The molecule has 1 atom stereocenters. The van der Waals surface area contributed by atoms with Gasteiger partial charge < -0.3 is 25.4 Å². The van der Waals surface area contributed by atoms with Gasteiger partial charge >= 0.3 is 0 Å². The van der Waals surface area contributed by atoms with E-state index < -0.39 is 11.6 Å². The number of hydrogen-bond acceptors (Lipinski definition) is 7. The van der Waals surface area contributed by atoms with E-state index in [-0.39, 0.29) is 12.0 Å². The molecule has 5 aromatic rings. The standard InChI is InChI=1S/C24H26F2N8O/c1-28-16(4-2-10-29-19-7-6-15(25)14-18(19)26)8-11-33-12-9-17-22(33)31-24(27)34-23(17)30-21(32-34)20-5-3-13-35-20/h3,5-7,9,12-14,16,28-29H,2,4,8,10-11H2,1H3,(H2,27,31). The highest BCUT2D eigenvalue weighted by atomic mass is 19.1. The molecule has 0 aliphatic heterocycles. The Morgan fingerprint density at radius 2 is 2.00 bits per heavy atom. The number of nitrogens with one attached hydrogen (secondary N) is 2. The number of nitrogen functional groups attached to an aromatic ring is 1. The molecule has 5 rings (SSSR count). The van der Waals surface area contributed by atoms with E-state index in [0.29, 0.717) is 29.5 Å². The van der Waals surface area contributed by atoms with E-state index >= 15 is 0 Å². The third-order valence-corrected chi connectivity index (χ3v) is 6.06. The zero-order valence-corrected chi connectivity index (χ0v) is 19.2. The van der Waals surface area contributed by atoms with Gasteiger partial charge in [0.15, 0.2) is 11.4 Å². The molecule has 35 heavy (non-hydrogen) atoms. The summed E-state index contributed by atoms with van der Waals surface area (Å²) in [6.45, 7) is 1.32. The quantitative estimate of drug-likeness (QED) is 0.258. The van der Waals surface area contributed by atoms with Crippen LogP contribution < -0.4 is 16.4 Å². The predicted octanol–water partition coefficient (Wildman–Crippen LogP) is 4.07. The number of aromatic nitrogens is 5. The summed E-state index contributed by atoms with van der Waals surface area (Å²) in [4.78, 5) is 9.18. The van der Waals surface area contributed by atoms with E-state index in [0.717, 1.165) is 42.9 Å². The molecule has 0 aliphatic carbocycles. The van der Waals surface area contributed by atoms with Crippen molar-refractivity contribution in [3.05, 3.63) is 60.5 Å².